The first-order chi connectivity index (χ1) is 16.2. The molecule has 1 fully saturated rings. The minimum absolute atomic E-state index is 0.0691. The van der Waals surface area contributed by atoms with Crippen molar-refractivity contribution < 1.29 is 29.4 Å². The largest absolute Gasteiger partial charge is 0.478 e. The second-order valence-electron chi connectivity index (χ2n) is 6.96. The van der Waals surface area contributed by atoms with Gasteiger partial charge in [-0.15, -0.1) is 33.3 Å². The van der Waals surface area contributed by atoms with Gasteiger partial charge in [0.25, 0.3) is 11.8 Å². The summed E-state index contributed by atoms with van der Waals surface area (Å²) < 4.78 is 0.697. The van der Waals surface area contributed by atoms with E-state index in [0.717, 1.165) is 21.2 Å². The number of thioether (sulfide) groups is 2. The lowest BCUT2D eigenvalue weighted by Crippen LogP contribution is -2.70. The molecule has 2 aromatic rings. The van der Waals surface area contributed by atoms with E-state index in [-0.39, 0.29) is 22.1 Å². The van der Waals surface area contributed by atoms with Crippen molar-refractivity contribution in [1.29, 1.82) is 0 Å². The molecular formula is C18H16N6O6S4. The first kappa shape index (κ1) is 24.2. The molecule has 0 saturated carbocycles. The first-order valence-electron chi connectivity index (χ1n) is 9.45. The van der Waals surface area contributed by atoms with E-state index in [1.807, 2.05) is 6.92 Å². The first-order valence-corrected chi connectivity index (χ1v) is 13.2. The predicted octanol–water partition coefficient (Wildman–Crippen LogP) is 0.884. The van der Waals surface area contributed by atoms with Gasteiger partial charge >= 0.3 is 11.9 Å². The van der Waals surface area contributed by atoms with Crippen LogP contribution in [0, 0.1) is 6.92 Å². The fraction of sp³-hybridized carbons (Fsp3) is 0.278. The van der Waals surface area contributed by atoms with Gasteiger partial charge in [-0.2, -0.15) is 0 Å². The number of nitrogen functional groups attached to an aromatic ring is 1. The maximum atomic E-state index is 12.9. The Morgan fingerprint density at radius 2 is 2.12 bits per heavy atom. The number of aliphatic carboxylic acids is 2. The van der Waals surface area contributed by atoms with Crippen LogP contribution in [0.1, 0.15) is 10.7 Å². The molecule has 0 aliphatic carbocycles. The van der Waals surface area contributed by atoms with Gasteiger partial charge in [0.05, 0.1) is 11.3 Å². The van der Waals surface area contributed by atoms with Crippen LogP contribution in [0.25, 0.3) is 5.57 Å². The molecule has 0 spiro atoms. The van der Waals surface area contributed by atoms with Gasteiger partial charge in [0.2, 0.25) is 0 Å². The van der Waals surface area contributed by atoms with Crippen molar-refractivity contribution >= 4 is 80.7 Å². The number of rotatable bonds is 8. The SMILES string of the molecule is Cc1nnc(SCC2=C(C(=O)O)N3C(=O)C(NC(=O)/C(=C\C(=O)O)c4csc(N)n4)[C@H]3SC2)s1. The number of carboxylic acids is 2. The van der Waals surface area contributed by atoms with Crippen LogP contribution >= 0.6 is 46.2 Å². The molecule has 1 unspecified atom stereocenters. The predicted molar refractivity (Wildman–Crippen MR) is 127 cm³/mol. The van der Waals surface area contributed by atoms with E-state index in [2.05, 4.69) is 20.5 Å². The fourth-order valence-electron chi connectivity index (χ4n) is 3.29. The van der Waals surface area contributed by atoms with Crippen molar-refractivity contribution in [3.05, 3.63) is 33.4 Å². The van der Waals surface area contributed by atoms with Gasteiger partial charge in [0.15, 0.2) is 9.47 Å². The number of carboxylic acid groups (broad SMARTS) is 2. The highest BCUT2D eigenvalue weighted by molar-refractivity contribution is 8.01. The summed E-state index contributed by atoms with van der Waals surface area (Å²) in [5, 5.41) is 31.1. The molecule has 0 radical (unpaired) electrons. The van der Waals surface area contributed by atoms with Crippen LogP contribution in [-0.4, -0.2) is 77.0 Å². The number of fused-ring (bicyclic) bond motifs is 1. The average Bonchev–Trinajstić information content (AvgIpc) is 3.40. The molecule has 2 aliphatic rings. The zero-order chi connectivity index (χ0) is 24.6. The molecule has 2 aliphatic heterocycles. The smallest absolute Gasteiger partial charge is 0.352 e. The van der Waals surface area contributed by atoms with Gasteiger partial charge in [-0.25, -0.2) is 14.6 Å². The van der Waals surface area contributed by atoms with E-state index in [0.29, 0.717) is 27.5 Å². The van der Waals surface area contributed by atoms with Gasteiger partial charge in [-0.3, -0.25) is 14.5 Å². The Labute approximate surface area is 208 Å². The molecule has 2 amide bonds. The zero-order valence-electron chi connectivity index (χ0n) is 17.3. The monoisotopic (exact) mass is 540 g/mol. The number of aryl methyl sites for hydroxylation is 1. The van der Waals surface area contributed by atoms with E-state index in [9.17, 15) is 24.3 Å². The average molecular weight is 541 g/mol. The summed E-state index contributed by atoms with van der Waals surface area (Å²) in [4.78, 5) is 54.0. The Hall–Kier alpha value is -2.95. The van der Waals surface area contributed by atoms with Crippen molar-refractivity contribution in [2.24, 2.45) is 0 Å². The number of nitrogens with zero attached hydrogens (tertiary/aromatic N) is 4. The summed E-state index contributed by atoms with van der Waals surface area (Å²) in [7, 11) is 0. The third kappa shape index (κ3) is 4.79. The third-order valence-electron chi connectivity index (χ3n) is 4.72. The molecule has 5 N–H and O–H groups in total. The quantitative estimate of drug-likeness (QED) is 0.210. The Bertz CT molecular complexity index is 1250. The molecule has 2 atom stereocenters. The summed E-state index contributed by atoms with van der Waals surface area (Å²) in [5.74, 6) is -3.35. The number of nitrogens with one attached hydrogen (secondary N) is 1. The third-order valence-corrected chi connectivity index (χ3v) is 8.80. The Balaban J connectivity index is 1.50. The molecule has 1 saturated heterocycles. The number of thiazole rings is 1. The molecule has 16 heteroatoms. The fourth-order valence-corrected chi connectivity index (χ4v) is 7.15. The number of aromatic nitrogens is 3. The lowest BCUT2D eigenvalue weighted by Gasteiger charge is -2.49. The zero-order valence-corrected chi connectivity index (χ0v) is 20.5. The van der Waals surface area contributed by atoms with Crippen LogP contribution in [-0.2, 0) is 19.2 Å². The molecule has 34 heavy (non-hydrogen) atoms. The molecule has 0 bridgehead atoms. The number of carbonyl (C=O) groups excluding carboxylic acids is 2. The van der Waals surface area contributed by atoms with Crippen molar-refractivity contribution in [1.82, 2.24) is 25.4 Å². The molecular weight excluding hydrogens is 525 g/mol. The molecule has 178 valence electrons. The molecule has 0 aromatic carbocycles. The number of carbonyl (C=O) groups is 4. The highest BCUT2D eigenvalue weighted by atomic mass is 32.2. The molecule has 4 rings (SSSR count). The molecule has 12 nitrogen and oxygen atoms in total. The normalized spacial score (nSPS) is 20.1. The standard InChI is InChI=1S/C18H16N6O6S4/c1-6-22-23-18(34-6)33-4-7-3-31-15-11(14(28)24(15)12(7)16(29)30)21-13(27)8(2-10(25)26)9-5-32-17(19)20-9/h2,5,11,15H,3-4H2,1H3,(H2,19,20)(H,21,27)(H,25,26)(H,29,30)/b8-2-/t11?,15-/m1/s1. The number of amides is 2. The van der Waals surface area contributed by atoms with E-state index < -0.39 is 35.2 Å². The highest BCUT2D eigenvalue weighted by Gasteiger charge is 2.54. The maximum absolute atomic E-state index is 12.9. The topological polar surface area (TPSA) is 189 Å². The van der Waals surface area contributed by atoms with Gasteiger partial charge in [-0.1, -0.05) is 23.1 Å². The maximum Gasteiger partial charge on any atom is 0.352 e. The van der Waals surface area contributed by atoms with E-state index in [4.69, 9.17) is 10.8 Å². The molecule has 4 heterocycles. The number of nitrogens with two attached hydrogens (primary N) is 1. The second-order valence-corrected chi connectivity index (χ2v) is 11.4. The number of hydrogen-bond donors (Lipinski definition) is 4. The van der Waals surface area contributed by atoms with Gasteiger partial charge in [0, 0.05) is 23.0 Å². The minimum Gasteiger partial charge on any atom is -0.478 e. The lowest BCUT2D eigenvalue weighted by atomic mass is 10.0. The van der Waals surface area contributed by atoms with E-state index in [1.54, 1.807) is 0 Å². The summed E-state index contributed by atoms with van der Waals surface area (Å²) >= 11 is 5.08. The summed E-state index contributed by atoms with van der Waals surface area (Å²) in [6.45, 7) is 1.82. The summed E-state index contributed by atoms with van der Waals surface area (Å²) in [6, 6.07) is -1.01. The van der Waals surface area contributed by atoms with E-state index in [1.165, 1.54) is 40.2 Å². The summed E-state index contributed by atoms with van der Waals surface area (Å²) in [5.41, 5.74) is 5.85. The van der Waals surface area contributed by atoms with Gasteiger partial charge in [0.1, 0.15) is 22.1 Å². The number of hydrogen-bond acceptors (Lipinski definition) is 12. The highest BCUT2D eigenvalue weighted by Crippen LogP contribution is 2.42. The minimum atomic E-state index is -1.37. The number of β-lactam (4-membered cyclic amide) rings is 1. The second kappa shape index (κ2) is 9.73. The summed E-state index contributed by atoms with van der Waals surface area (Å²) in [6.07, 6.45) is 0.686. The lowest BCUT2D eigenvalue weighted by molar-refractivity contribution is -0.150. The van der Waals surface area contributed by atoms with Crippen LogP contribution in [0.5, 0.6) is 0 Å². The van der Waals surface area contributed by atoms with Gasteiger partial charge < -0.3 is 21.3 Å². The Morgan fingerprint density at radius 3 is 2.71 bits per heavy atom. The van der Waals surface area contributed by atoms with Crippen LogP contribution in [0.3, 0.4) is 0 Å². The Kier molecular flexibility index (Phi) is 6.92. The van der Waals surface area contributed by atoms with Crippen molar-refractivity contribution in [3.63, 3.8) is 0 Å². The van der Waals surface area contributed by atoms with Gasteiger partial charge in [-0.05, 0) is 12.5 Å². The van der Waals surface area contributed by atoms with Crippen LogP contribution in [0.4, 0.5) is 5.13 Å². The van der Waals surface area contributed by atoms with Crippen molar-refractivity contribution in [2.75, 3.05) is 17.2 Å². The number of anilines is 1. The van der Waals surface area contributed by atoms with Crippen molar-refractivity contribution in [2.45, 2.75) is 22.7 Å². The van der Waals surface area contributed by atoms with Crippen LogP contribution in [0.15, 0.2) is 27.1 Å². The van der Waals surface area contributed by atoms with E-state index >= 15 is 0 Å². The van der Waals surface area contributed by atoms with Crippen LogP contribution in [0.2, 0.25) is 0 Å². The van der Waals surface area contributed by atoms with Crippen LogP contribution < -0.4 is 11.1 Å². The van der Waals surface area contributed by atoms with Crippen molar-refractivity contribution in [3.8, 4) is 0 Å². The Morgan fingerprint density at radius 1 is 1.35 bits per heavy atom. The molecule has 2 aromatic heterocycles.